The van der Waals surface area contributed by atoms with Gasteiger partial charge >= 0.3 is 29.2 Å². The fourth-order valence-corrected chi connectivity index (χ4v) is 5.28. The predicted octanol–water partition coefficient (Wildman–Crippen LogP) is -0.895. The molecule has 0 spiro atoms. The van der Waals surface area contributed by atoms with E-state index < -0.39 is 60.3 Å². The number of nitrogens with zero attached hydrogens (tertiary/aromatic N) is 5. The molecule has 20 nitrogen and oxygen atoms in total. The molecule has 1 saturated heterocycles. The lowest BCUT2D eigenvalue weighted by atomic mass is 10.1. The minimum Gasteiger partial charge on any atom is -0.387 e. The number of ether oxygens (including phenoxy) is 1. The maximum Gasteiger partial charge on any atom is 0.490 e. The Balaban J connectivity index is 0.00000104. The number of rotatable bonds is 9. The van der Waals surface area contributed by atoms with E-state index in [2.05, 4.69) is 28.2 Å². The molecule has 0 aliphatic carbocycles. The summed E-state index contributed by atoms with van der Waals surface area (Å²) < 4.78 is 50.8. The van der Waals surface area contributed by atoms with Crippen molar-refractivity contribution < 1.29 is 61.4 Å². The van der Waals surface area contributed by atoms with Crippen LogP contribution in [-0.4, -0.2) is 70.8 Å². The van der Waals surface area contributed by atoms with E-state index in [4.69, 9.17) is 30.7 Å². The number of nitrogen functional groups attached to an aromatic ring is 1. The SMILES string of the molecule is CCN=[N+]=[N-].Nc1ccn([C@@H]2O[C@H](COP(=O)(O)OP(=O)(O)OP(=O)(O)O)[C@@H](O)[C@H]2O)c(=O)n1. The first-order valence-electron chi connectivity index (χ1n) is 8.67. The third-order valence-electron chi connectivity index (χ3n) is 3.49. The number of hydrogen-bond acceptors (Lipinski definition) is 13. The van der Waals surface area contributed by atoms with Gasteiger partial charge in [0.25, 0.3) is 0 Å². The number of hydrogen-bond donors (Lipinski definition) is 7. The van der Waals surface area contributed by atoms with E-state index in [1.807, 2.05) is 0 Å². The van der Waals surface area contributed by atoms with Gasteiger partial charge in [-0.25, -0.2) is 18.5 Å². The fourth-order valence-electron chi connectivity index (χ4n) is 2.25. The van der Waals surface area contributed by atoms with Gasteiger partial charge in [0.15, 0.2) is 6.23 Å². The van der Waals surface area contributed by atoms with Crippen molar-refractivity contribution >= 4 is 29.3 Å². The van der Waals surface area contributed by atoms with Crippen molar-refractivity contribution in [2.75, 3.05) is 18.9 Å². The lowest BCUT2D eigenvalue weighted by molar-refractivity contribution is -0.0541. The van der Waals surface area contributed by atoms with Crippen LogP contribution in [-0.2, 0) is 31.6 Å². The third kappa shape index (κ3) is 9.87. The number of aliphatic hydroxyl groups is 2. The molecule has 194 valence electrons. The number of anilines is 1. The number of phosphoric ester groups is 1. The molecule has 2 heterocycles. The Kier molecular flexibility index (Phi) is 11.0. The van der Waals surface area contributed by atoms with E-state index in [9.17, 15) is 33.6 Å². The molecule has 1 aliphatic rings. The van der Waals surface area contributed by atoms with Gasteiger partial charge in [0.05, 0.1) is 6.61 Å². The summed E-state index contributed by atoms with van der Waals surface area (Å²) in [6, 6.07) is 1.20. The molecule has 1 aromatic heterocycles. The molecule has 1 fully saturated rings. The monoisotopic (exact) mass is 554 g/mol. The van der Waals surface area contributed by atoms with Gasteiger partial charge in [0.1, 0.15) is 24.1 Å². The van der Waals surface area contributed by atoms with Crippen molar-refractivity contribution in [1.82, 2.24) is 9.55 Å². The fraction of sp³-hybridized carbons (Fsp3) is 0.636. The summed E-state index contributed by atoms with van der Waals surface area (Å²) in [5, 5.41) is 23.1. The topological polar surface area (TPSA) is 319 Å². The number of aromatic nitrogens is 2. The zero-order valence-corrected chi connectivity index (χ0v) is 19.7. The quantitative estimate of drug-likeness (QED) is 0.0841. The second-order valence-corrected chi connectivity index (χ2v) is 10.4. The Hall–Kier alpha value is -1.72. The highest BCUT2D eigenvalue weighted by atomic mass is 31.3. The highest BCUT2D eigenvalue weighted by molar-refractivity contribution is 7.66. The molecular formula is C11H21N6O14P3. The molecule has 6 atom stereocenters. The lowest BCUT2D eigenvalue weighted by Gasteiger charge is -2.19. The highest BCUT2D eigenvalue weighted by Gasteiger charge is 2.46. The van der Waals surface area contributed by atoms with Crippen molar-refractivity contribution in [1.29, 1.82) is 0 Å². The second kappa shape index (κ2) is 12.3. The zero-order valence-electron chi connectivity index (χ0n) is 17.0. The maximum absolute atomic E-state index is 11.8. The summed E-state index contributed by atoms with van der Waals surface area (Å²) in [7, 11) is -16.7. The van der Waals surface area contributed by atoms with Crippen LogP contribution in [0.25, 0.3) is 10.4 Å². The summed E-state index contributed by atoms with van der Waals surface area (Å²) in [4.78, 5) is 53.0. The van der Waals surface area contributed by atoms with Gasteiger partial charge < -0.3 is 40.3 Å². The van der Waals surface area contributed by atoms with Crippen LogP contribution >= 0.6 is 23.5 Å². The van der Waals surface area contributed by atoms with Crippen molar-refractivity contribution in [3.8, 4) is 0 Å². The smallest absolute Gasteiger partial charge is 0.387 e. The molecule has 0 bridgehead atoms. The average Bonchev–Trinajstić information content (AvgIpc) is 2.93. The van der Waals surface area contributed by atoms with Gasteiger partial charge in [-0.3, -0.25) is 9.09 Å². The van der Waals surface area contributed by atoms with Gasteiger partial charge in [-0.05, 0) is 11.6 Å². The van der Waals surface area contributed by atoms with Crippen LogP contribution in [0.3, 0.4) is 0 Å². The summed E-state index contributed by atoms with van der Waals surface area (Å²) in [6.07, 6.45) is -5.38. The molecule has 0 radical (unpaired) electrons. The van der Waals surface area contributed by atoms with Crippen molar-refractivity contribution in [2.45, 2.75) is 31.5 Å². The van der Waals surface area contributed by atoms with Crippen LogP contribution in [0.2, 0.25) is 0 Å². The average molecular weight is 554 g/mol. The van der Waals surface area contributed by atoms with Crippen molar-refractivity contribution in [3.05, 3.63) is 33.2 Å². The first-order chi connectivity index (χ1) is 15.5. The molecule has 23 heteroatoms. The van der Waals surface area contributed by atoms with Crippen LogP contribution in [0.15, 0.2) is 22.2 Å². The van der Waals surface area contributed by atoms with E-state index in [1.165, 1.54) is 6.07 Å². The van der Waals surface area contributed by atoms with E-state index in [1.54, 1.807) is 6.92 Å². The summed E-state index contributed by atoms with van der Waals surface area (Å²) >= 11 is 0. The Labute approximate surface area is 189 Å². The Morgan fingerprint density at radius 1 is 1.21 bits per heavy atom. The van der Waals surface area contributed by atoms with Gasteiger partial charge in [-0.15, -0.1) is 0 Å². The molecule has 0 amide bonds. The van der Waals surface area contributed by atoms with E-state index in [-0.39, 0.29) is 5.82 Å². The molecule has 1 aliphatic heterocycles. The van der Waals surface area contributed by atoms with E-state index in [0.717, 1.165) is 10.8 Å². The van der Waals surface area contributed by atoms with Gasteiger partial charge in [-0.2, -0.15) is 13.6 Å². The molecule has 1 aromatic rings. The van der Waals surface area contributed by atoms with Crippen molar-refractivity contribution in [3.63, 3.8) is 0 Å². The number of nitrogens with two attached hydrogens (primary N) is 1. The minimum atomic E-state index is -5.71. The van der Waals surface area contributed by atoms with Crippen LogP contribution in [0.1, 0.15) is 13.2 Å². The predicted molar refractivity (Wildman–Crippen MR) is 108 cm³/mol. The zero-order chi connectivity index (χ0) is 26.3. The van der Waals surface area contributed by atoms with Crippen molar-refractivity contribution in [2.24, 2.45) is 5.11 Å². The first kappa shape index (κ1) is 30.3. The lowest BCUT2D eigenvalue weighted by Crippen LogP contribution is -2.36. The Morgan fingerprint density at radius 3 is 2.29 bits per heavy atom. The largest absolute Gasteiger partial charge is 0.490 e. The molecule has 8 N–H and O–H groups in total. The van der Waals surface area contributed by atoms with Crippen LogP contribution in [0.5, 0.6) is 0 Å². The van der Waals surface area contributed by atoms with Gasteiger partial charge in [0, 0.05) is 17.7 Å². The molecular weight excluding hydrogens is 533 g/mol. The maximum atomic E-state index is 11.8. The third-order valence-corrected chi connectivity index (χ3v) is 7.29. The van der Waals surface area contributed by atoms with E-state index in [0.29, 0.717) is 6.54 Å². The molecule has 0 saturated carbocycles. The number of aliphatic hydroxyl groups excluding tert-OH is 2. The Bertz CT molecular complexity index is 1090. The number of azide groups is 1. The standard InChI is InChI=1S/C9H16N3O14P3.C2H5N3/c10-5-1-2-12(9(15)11-5)8-7(14)6(13)4(24-8)3-23-28(19,20)26-29(21,22)25-27(16,17)18;1-2-4-5-3/h1-2,4,6-8,13-14H,3H2,(H,19,20)(H,21,22)(H2,10,11,15)(H2,16,17,18);2H2,1H3/t4-,6-,7-,8-;/m1./s1. The van der Waals surface area contributed by atoms with Crippen LogP contribution in [0.4, 0.5) is 5.82 Å². The molecule has 0 aromatic carbocycles. The first-order valence-corrected chi connectivity index (χ1v) is 13.2. The molecule has 2 rings (SSSR count). The van der Waals surface area contributed by atoms with Crippen LogP contribution < -0.4 is 11.4 Å². The Morgan fingerprint density at radius 2 is 1.82 bits per heavy atom. The van der Waals surface area contributed by atoms with Gasteiger partial charge in [0.2, 0.25) is 0 Å². The normalized spacial score (nSPS) is 25.9. The minimum absolute atomic E-state index is 0.122. The summed E-state index contributed by atoms with van der Waals surface area (Å²) in [5.74, 6) is -0.122. The highest BCUT2D eigenvalue weighted by Crippen LogP contribution is 2.66. The summed E-state index contributed by atoms with van der Waals surface area (Å²) in [5.41, 5.74) is 11.9. The second-order valence-electron chi connectivity index (χ2n) is 6.02. The molecule has 2 unspecified atom stereocenters. The number of phosphoric acid groups is 3. The van der Waals surface area contributed by atoms with Crippen LogP contribution in [0, 0.1) is 0 Å². The molecule has 34 heavy (non-hydrogen) atoms. The summed E-state index contributed by atoms with van der Waals surface area (Å²) in [6.45, 7) is 1.33. The van der Waals surface area contributed by atoms with Gasteiger partial charge in [-0.1, -0.05) is 12.0 Å². The van der Waals surface area contributed by atoms with E-state index >= 15 is 0 Å².